The van der Waals surface area contributed by atoms with Crippen LogP contribution in [0.2, 0.25) is 0 Å². The summed E-state index contributed by atoms with van der Waals surface area (Å²) in [6, 6.07) is 8.80. The number of carbonyl (C=O) groups is 1. The molecule has 4 nitrogen and oxygen atoms in total. The summed E-state index contributed by atoms with van der Waals surface area (Å²) in [5, 5.41) is 0. The number of nitrogens with two attached hydrogens (primary N) is 1. The first-order chi connectivity index (χ1) is 9.11. The minimum Gasteiger partial charge on any atom is -0.494 e. The molecule has 100 valence electrons. The zero-order valence-electron chi connectivity index (χ0n) is 10.2. The van der Waals surface area contributed by atoms with Crippen LogP contribution in [0, 0.1) is 0 Å². The minimum absolute atomic E-state index is 0.229. The van der Waals surface area contributed by atoms with Crippen molar-refractivity contribution in [2.45, 2.75) is 6.61 Å². The van der Waals surface area contributed by atoms with E-state index in [1.807, 2.05) is 12.1 Å². The molecule has 19 heavy (non-hydrogen) atoms. The number of para-hydroxylation sites is 1. The molecule has 0 aliphatic heterocycles. The van der Waals surface area contributed by atoms with Crippen LogP contribution in [0.25, 0.3) is 0 Å². The van der Waals surface area contributed by atoms with E-state index in [1.54, 1.807) is 18.2 Å². The molecule has 0 atom stereocenters. The van der Waals surface area contributed by atoms with E-state index in [-0.39, 0.29) is 6.61 Å². The minimum atomic E-state index is -0.450. The first-order valence-corrected chi connectivity index (χ1v) is 7.06. The molecule has 0 saturated heterocycles. The van der Waals surface area contributed by atoms with E-state index in [1.165, 1.54) is 18.4 Å². The highest BCUT2D eigenvalue weighted by atomic mass is 79.9. The SMILES string of the molecule is COc1c(N)cccc1C(=O)OCc1ccc(Br)s1. The van der Waals surface area contributed by atoms with E-state index in [2.05, 4.69) is 15.9 Å². The second-order valence-corrected chi connectivity index (χ2v) is 6.26. The van der Waals surface area contributed by atoms with Crippen LogP contribution >= 0.6 is 27.3 Å². The molecular weight excluding hydrogens is 330 g/mol. The topological polar surface area (TPSA) is 61.5 Å². The van der Waals surface area contributed by atoms with Gasteiger partial charge in [-0.1, -0.05) is 6.07 Å². The molecule has 0 bridgehead atoms. The maximum atomic E-state index is 12.0. The van der Waals surface area contributed by atoms with Crippen molar-refractivity contribution in [1.82, 2.24) is 0 Å². The number of halogens is 1. The number of thiophene rings is 1. The number of rotatable bonds is 4. The van der Waals surface area contributed by atoms with Crippen molar-refractivity contribution in [1.29, 1.82) is 0 Å². The van der Waals surface area contributed by atoms with Gasteiger partial charge in [0.05, 0.1) is 16.6 Å². The molecule has 0 aliphatic rings. The van der Waals surface area contributed by atoms with Crippen LogP contribution in [0.3, 0.4) is 0 Å². The Morgan fingerprint density at radius 2 is 2.16 bits per heavy atom. The molecule has 0 spiro atoms. The molecule has 2 rings (SSSR count). The van der Waals surface area contributed by atoms with E-state index in [4.69, 9.17) is 15.2 Å². The number of hydrogen-bond acceptors (Lipinski definition) is 5. The average Bonchev–Trinajstić information content (AvgIpc) is 2.81. The Morgan fingerprint density at radius 1 is 1.37 bits per heavy atom. The van der Waals surface area contributed by atoms with Gasteiger partial charge in [0, 0.05) is 4.88 Å². The highest BCUT2D eigenvalue weighted by Gasteiger charge is 2.16. The van der Waals surface area contributed by atoms with Crippen LogP contribution in [-0.2, 0) is 11.3 Å². The lowest BCUT2D eigenvalue weighted by Gasteiger charge is -2.10. The Labute approximate surface area is 123 Å². The fraction of sp³-hybridized carbons (Fsp3) is 0.154. The van der Waals surface area contributed by atoms with Gasteiger partial charge in [-0.2, -0.15) is 0 Å². The molecule has 0 aliphatic carbocycles. The third-order valence-electron chi connectivity index (χ3n) is 2.44. The van der Waals surface area contributed by atoms with Crippen molar-refractivity contribution in [3.05, 3.63) is 44.6 Å². The van der Waals surface area contributed by atoms with Crippen molar-refractivity contribution in [3.63, 3.8) is 0 Å². The molecule has 0 amide bonds. The number of benzene rings is 1. The first-order valence-electron chi connectivity index (χ1n) is 5.45. The van der Waals surface area contributed by atoms with Gasteiger partial charge >= 0.3 is 5.97 Å². The summed E-state index contributed by atoms with van der Waals surface area (Å²) in [5.74, 6) is -0.103. The molecule has 1 aromatic heterocycles. The molecule has 0 fully saturated rings. The standard InChI is InChI=1S/C13H12BrNO3S/c1-17-12-9(3-2-4-10(12)15)13(16)18-7-8-5-6-11(14)19-8/h2-6H,7,15H2,1H3. The maximum absolute atomic E-state index is 12.0. The summed E-state index contributed by atoms with van der Waals surface area (Å²) in [7, 11) is 1.47. The van der Waals surface area contributed by atoms with Crippen LogP contribution in [-0.4, -0.2) is 13.1 Å². The van der Waals surface area contributed by atoms with Crippen LogP contribution in [0.15, 0.2) is 34.1 Å². The molecule has 1 aromatic carbocycles. The molecule has 1 heterocycles. The molecular formula is C13H12BrNO3S. The average molecular weight is 342 g/mol. The van der Waals surface area contributed by atoms with E-state index in [0.29, 0.717) is 17.0 Å². The summed E-state index contributed by atoms with van der Waals surface area (Å²) < 4.78 is 11.4. The highest BCUT2D eigenvalue weighted by Crippen LogP contribution is 2.27. The Morgan fingerprint density at radius 3 is 2.79 bits per heavy atom. The van der Waals surface area contributed by atoms with Gasteiger partial charge in [0.25, 0.3) is 0 Å². The number of nitrogen functional groups attached to an aromatic ring is 1. The largest absolute Gasteiger partial charge is 0.494 e. The van der Waals surface area contributed by atoms with Crippen molar-refractivity contribution in [2.24, 2.45) is 0 Å². The second kappa shape index (κ2) is 6.08. The van der Waals surface area contributed by atoms with Crippen molar-refractivity contribution in [2.75, 3.05) is 12.8 Å². The number of anilines is 1. The van der Waals surface area contributed by atoms with E-state index in [9.17, 15) is 4.79 Å². The zero-order valence-corrected chi connectivity index (χ0v) is 12.6. The van der Waals surface area contributed by atoms with Crippen LogP contribution in [0.4, 0.5) is 5.69 Å². The lowest BCUT2D eigenvalue weighted by atomic mass is 10.2. The molecule has 0 saturated carbocycles. The summed E-state index contributed by atoms with van der Waals surface area (Å²) >= 11 is 4.88. The van der Waals surface area contributed by atoms with Gasteiger partial charge in [0.2, 0.25) is 0 Å². The van der Waals surface area contributed by atoms with Gasteiger partial charge in [-0.15, -0.1) is 11.3 Å². The van der Waals surface area contributed by atoms with Crippen molar-refractivity contribution < 1.29 is 14.3 Å². The Hall–Kier alpha value is -1.53. The third kappa shape index (κ3) is 3.27. The van der Waals surface area contributed by atoms with Gasteiger partial charge in [0.1, 0.15) is 12.2 Å². The monoisotopic (exact) mass is 341 g/mol. The Bertz CT molecular complexity index is 597. The van der Waals surface area contributed by atoms with E-state index in [0.717, 1.165) is 8.66 Å². The van der Waals surface area contributed by atoms with Crippen molar-refractivity contribution in [3.8, 4) is 5.75 Å². The normalized spacial score (nSPS) is 10.2. The van der Waals surface area contributed by atoms with E-state index >= 15 is 0 Å². The number of ether oxygens (including phenoxy) is 2. The molecule has 0 radical (unpaired) electrons. The second-order valence-electron chi connectivity index (χ2n) is 3.71. The summed E-state index contributed by atoms with van der Waals surface area (Å²) in [6.07, 6.45) is 0. The molecule has 2 aromatic rings. The van der Waals surface area contributed by atoms with Gasteiger partial charge in [-0.25, -0.2) is 4.79 Å². The predicted molar refractivity (Wildman–Crippen MR) is 78.5 cm³/mol. The predicted octanol–water partition coefficient (Wildman–Crippen LogP) is 3.46. The first kappa shape index (κ1) is 13.9. The third-order valence-corrected chi connectivity index (χ3v) is 4.04. The van der Waals surface area contributed by atoms with Gasteiger partial charge in [-0.05, 0) is 40.2 Å². The van der Waals surface area contributed by atoms with Crippen LogP contribution in [0.5, 0.6) is 5.75 Å². The fourth-order valence-electron chi connectivity index (χ4n) is 1.59. The van der Waals surface area contributed by atoms with Crippen LogP contribution < -0.4 is 10.5 Å². The molecule has 0 unspecified atom stereocenters. The Kier molecular flexibility index (Phi) is 4.44. The number of methoxy groups -OCH3 is 1. The van der Waals surface area contributed by atoms with Crippen molar-refractivity contribution >= 4 is 38.9 Å². The summed E-state index contributed by atoms with van der Waals surface area (Å²) in [6.45, 7) is 0.229. The summed E-state index contributed by atoms with van der Waals surface area (Å²) in [4.78, 5) is 13.0. The van der Waals surface area contributed by atoms with Gasteiger partial charge in [0.15, 0.2) is 5.75 Å². The fourth-order valence-corrected chi connectivity index (χ4v) is 2.98. The smallest absolute Gasteiger partial charge is 0.342 e. The number of carbonyl (C=O) groups excluding carboxylic acids is 1. The number of esters is 1. The van der Waals surface area contributed by atoms with Crippen LogP contribution in [0.1, 0.15) is 15.2 Å². The van der Waals surface area contributed by atoms with Gasteiger partial charge in [-0.3, -0.25) is 0 Å². The Balaban J connectivity index is 2.10. The maximum Gasteiger partial charge on any atom is 0.342 e. The lowest BCUT2D eigenvalue weighted by molar-refractivity contribution is 0.0473. The molecule has 2 N–H and O–H groups in total. The highest BCUT2D eigenvalue weighted by molar-refractivity contribution is 9.11. The van der Waals surface area contributed by atoms with E-state index < -0.39 is 5.97 Å². The lowest BCUT2D eigenvalue weighted by Crippen LogP contribution is -2.08. The quantitative estimate of drug-likeness (QED) is 0.683. The molecule has 6 heteroatoms. The number of hydrogen-bond donors (Lipinski definition) is 1. The van der Waals surface area contributed by atoms with Gasteiger partial charge < -0.3 is 15.2 Å². The summed E-state index contributed by atoms with van der Waals surface area (Å²) in [5.41, 5.74) is 6.49. The zero-order chi connectivity index (χ0) is 13.8.